The first kappa shape index (κ1) is 13.5. The van der Waals surface area contributed by atoms with Gasteiger partial charge in [0.1, 0.15) is 5.82 Å². The minimum Gasteiger partial charge on any atom is -0.316 e. The van der Waals surface area contributed by atoms with E-state index in [0.717, 1.165) is 25.1 Å². The highest BCUT2D eigenvalue weighted by Gasteiger charge is 2.32. The molecule has 0 saturated heterocycles. The largest absolute Gasteiger partial charge is 0.316 e. The van der Waals surface area contributed by atoms with Gasteiger partial charge in [0.25, 0.3) is 0 Å². The Morgan fingerprint density at radius 2 is 1.89 bits per heavy atom. The molecular weight excluding hydrogens is 225 g/mol. The van der Waals surface area contributed by atoms with Crippen molar-refractivity contribution in [1.29, 1.82) is 0 Å². The second kappa shape index (κ2) is 6.33. The summed E-state index contributed by atoms with van der Waals surface area (Å²) in [6, 6.07) is 7.25. The van der Waals surface area contributed by atoms with E-state index >= 15 is 0 Å². The minimum absolute atomic E-state index is 0.0426. The predicted octanol–water partition coefficient (Wildman–Crippen LogP) is 3.93. The SMILES string of the molecule is CCNCC1(Cc2ccccc2F)CCCCC1. The molecule has 2 rings (SSSR count). The molecule has 1 saturated carbocycles. The number of nitrogens with one attached hydrogen (secondary N) is 1. The Bertz CT molecular complexity index is 369. The molecule has 1 aliphatic rings. The van der Waals surface area contributed by atoms with Gasteiger partial charge in [-0.05, 0) is 42.9 Å². The van der Waals surface area contributed by atoms with E-state index in [4.69, 9.17) is 0 Å². The standard InChI is InChI=1S/C16H24FN/c1-2-18-13-16(10-6-3-7-11-16)12-14-8-4-5-9-15(14)17/h4-5,8-9,18H,2-3,6-7,10-13H2,1H3. The fourth-order valence-electron chi connectivity index (χ4n) is 3.15. The second-order valence-electron chi connectivity index (χ2n) is 5.61. The molecule has 0 atom stereocenters. The summed E-state index contributed by atoms with van der Waals surface area (Å²) in [6.45, 7) is 4.16. The van der Waals surface area contributed by atoms with Gasteiger partial charge in [-0.1, -0.05) is 44.4 Å². The van der Waals surface area contributed by atoms with Crippen LogP contribution in [0.25, 0.3) is 0 Å². The van der Waals surface area contributed by atoms with Gasteiger partial charge >= 0.3 is 0 Å². The van der Waals surface area contributed by atoms with E-state index in [9.17, 15) is 4.39 Å². The van der Waals surface area contributed by atoms with Crippen LogP contribution in [0.2, 0.25) is 0 Å². The Kier molecular flexibility index (Phi) is 4.76. The Balaban J connectivity index is 2.11. The molecule has 0 spiro atoms. The summed E-state index contributed by atoms with van der Waals surface area (Å²) in [6.07, 6.45) is 7.26. The van der Waals surface area contributed by atoms with Gasteiger partial charge in [0.05, 0.1) is 0 Å². The topological polar surface area (TPSA) is 12.0 Å². The van der Waals surface area contributed by atoms with Crippen molar-refractivity contribution in [3.63, 3.8) is 0 Å². The molecule has 0 aliphatic heterocycles. The number of hydrogen-bond acceptors (Lipinski definition) is 1. The molecule has 0 heterocycles. The molecule has 1 N–H and O–H groups in total. The van der Waals surface area contributed by atoms with Gasteiger partial charge < -0.3 is 5.32 Å². The van der Waals surface area contributed by atoms with Gasteiger partial charge in [-0.3, -0.25) is 0 Å². The zero-order chi connectivity index (χ0) is 12.8. The van der Waals surface area contributed by atoms with Gasteiger partial charge in [-0.25, -0.2) is 4.39 Å². The van der Waals surface area contributed by atoms with E-state index in [1.54, 1.807) is 12.1 Å². The molecule has 0 aromatic heterocycles. The smallest absolute Gasteiger partial charge is 0.126 e. The quantitative estimate of drug-likeness (QED) is 0.833. The van der Waals surface area contributed by atoms with Crippen LogP contribution in [0.4, 0.5) is 4.39 Å². The lowest BCUT2D eigenvalue weighted by Gasteiger charge is -2.38. The summed E-state index contributed by atoms with van der Waals surface area (Å²) in [5.74, 6) is -0.0426. The zero-order valence-corrected chi connectivity index (χ0v) is 11.3. The minimum atomic E-state index is -0.0426. The third-order valence-corrected chi connectivity index (χ3v) is 4.19. The van der Waals surface area contributed by atoms with E-state index in [-0.39, 0.29) is 11.2 Å². The van der Waals surface area contributed by atoms with Crippen molar-refractivity contribution in [2.75, 3.05) is 13.1 Å². The predicted molar refractivity (Wildman–Crippen MR) is 74.2 cm³/mol. The highest BCUT2D eigenvalue weighted by Crippen LogP contribution is 2.39. The Hall–Kier alpha value is -0.890. The van der Waals surface area contributed by atoms with E-state index in [1.165, 1.54) is 32.1 Å². The molecule has 2 heteroatoms. The first-order valence-electron chi connectivity index (χ1n) is 7.20. The Morgan fingerprint density at radius 3 is 2.56 bits per heavy atom. The van der Waals surface area contributed by atoms with Crippen LogP contribution in [0.5, 0.6) is 0 Å². The number of benzene rings is 1. The van der Waals surface area contributed by atoms with Crippen molar-refractivity contribution in [3.8, 4) is 0 Å². The molecule has 0 bridgehead atoms. The molecule has 1 aliphatic carbocycles. The van der Waals surface area contributed by atoms with Crippen LogP contribution in [0.15, 0.2) is 24.3 Å². The highest BCUT2D eigenvalue weighted by atomic mass is 19.1. The third-order valence-electron chi connectivity index (χ3n) is 4.19. The summed E-state index contributed by atoms with van der Waals surface area (Å²) in [5.41, 5.74) is 1.16. The third kappa shape index (κ3) is 3.32. The highest BCUT2D eigenvalue weighted by molar-refractivity contribution is 5.19. The summed E-state index contributed by atoms with van der Waals surface area (Å²) in [7, 11) is 0. The van der Waals surface area contributed by atoms with Crippen molar-refractivity contribution >= 4 is 0 Å². The normalized spacial score (nSPS) is 18.8. The lowest BCUT2D eigenvalue weighted by molar-refractivity contribution is 0.180. The van der Waals surface area contributed by atoms with Gasteiger partial charge in [-0.15, -0.1) is 0 Å². The fraction of sp³-hybridized carbons (Fsp3) is 0.625. The first-order chi connectivity index (χ1) is 8.76. The molecule has 0 radical (unpaired) electrons. The summed E-state index contributed by atoms with van der Waals surface area (Å²) < 4.78 is 13.8. The Labute approximate surface area is 110 Å². The maximum absolute atomic E-state index is 13.8. The summed E-state index contributed by atoms with van der Waals surface area (Å²) in [5, 5.41) is 3.48. The van der Waals surface area contributed by atoms with Crippen LogP contribution in [-0.2, 0) is 6.42 Å². The zero-order valence-electron chi connectivity index (χ0n) is 11.3. The lowest BCUT2D eigenvalue weighted by atomic mass is 9.70. The molecule has 1 aromatic carbocycles. The second-order valence-corrected chi connectivity index (χ2v) is 5.61. The number of rotatable bonds is 5. The molecule has 1 aromatic rings. The van der Waals surface area contributed by atoms with E-state index in [1.807, 2.05) is 12.1 Å². The van der Waals surface area contributed by atoms with Crippen molar-refractivity contribution < 1.29 is 4.39 Å². The fourth-order valence-corrected chi connectivity index (χ4v) is 3.15. The van der Waals surface area contributed by atoms with Crippen LogP contribution >= 0.6 is 0 Å². The number of hydrogen-bond donors (Lipinski definition) is 1. The average molecular weight is 249 g/mol. The van der Waals surface area contributed by atoms with Crippen LogP contribution < -0.4 is 5.32 Å². The van der Waals surface area contributed by atoms with Crippen LogP contribution in [0, 0.1) is 11.2 Å². The Morgan fingerprint density at radius 1 is 1.17 bits per heavy atom. The van der Waals surface area contributed by atoms with Crippen molar-refractivity contribution in [2.45, 2.75) is 45.4 Å². The van der Waals surface area contributed by atoms with Crippen LogP contribution in [-0.4, -0.2) is 13.1 Å². The maximum atomic E-state index is 13.8. The maximum Gasteiger partial charge on any atom is 0.126 e. The molecule has 1 fully saturated rings. The van der Waals surface area contributed by atoms with E-state index < -0.39 is 0 Å². The molecule has 0 unspecified atom stereocenters. The van der Waals surface area contributed by atoms with Crippen molar-refractivity contribution in [2.24, 2.45) is 5.41 Å². The van der Waals surface area contributed by atoms with Gasteiger partial charge in [0.15, 0.2) is 0 Å². The average Bonchev–Trinajstić information content (AvgIpc) is 2.40. The molecule has 18 heavy (non-hydrogen) atoms. The lowest BCUT2D eigenvalue weighted by Crippen LogP contribution is -2.38. The monoisotopic (exact) mass is 249 g/mol. The van der Waals surface area contributed by atoms with Crippen LogP contribution in [0.3, 0.4) is 0 Å². The van der Waals surface area contributed by atoms with Gasteiger partial charge in [0.2, 0.25) is 0 Å². The van der Waals surface area contributed by atoms with E-state index in [2.05, 4.69) is 12.2 Å². The molecule has 100 valence electrons. The summed E-state index contributed by atoms with van der Waals surface area (Å²) in [4.78, 5) is 0. The van der Waals surface area contributed by atoms with Crippen molar-refractivity contribution in [3.05, 3.63) is 35.6 Å². The van der Waals surface area contributed by atoms with Crippen molar-refractivity contribution in [1.82, 2.24) is 5.32 Å². The van der Waals surface area contributed by atoms with E-state index in [0.29, 0.717) is 0 Å². The molecule has 1 nitrogen and oxygen atoms in total. The van der Waals surface area contributed by atoms with Gasteiger partial charge in [-0.2, -0.15) is 0 Å². The molecule has 0 amide bonds. The number of halogens is 1. The molecular formula is C16H24FN. The summed E-state index contributed by atoms with van der Waals surface area (Å²) >= 11 is 0. The first-order valence-corrected chi connectivity index (χ1v) is 7.20. The van der Waals surface area contributed by atoms with Crippen LogP contribution in [0.1, 0.15) is 44.6 Å². The van der Waals surface area contributed by atoms with Gasteiger partial charge in [0, 0.05) is 6.54 Å².